The number of nitrogens with two attached hydrogens (primary N) is 1. The number of pyridine rings is 1. The molecule has 122 valence electrons. The zero-order valence-electron chi connectivity index (χ0n) is 12.2. The molecular weight excluding hydrogens is 387 g/mol. The summed E-state index contributed by atoms with van der Waals surface area (Å²) in [6.45, 7) is 0. The molecule has 3 rings (SSSR count). The Kier molecular flexibility index (Phi) is 5.46. The third-order valence-electron chi connectivity index (χ3n) is 3.08. The summed E-state index contributed by atoms with van der Waals surface area (Å²) in [5.74, 6) is 0.138. The summed E-state index contributed by atoms with van der Waals surface area (Å²) in [6.07, 6.45) is 3.95. The van der Waals surface area contributed by atoms with E-state index < -0.39 is 0 Å². The van der Waals surface area contributed by atoms with Gasteiger partial charge in [-0.2, -0.15) is 0 Å². The van der Waals surface area contributed by atoms with Gasteiger partial charge in [-0.05, 0) is 35.9 Å². The number of aromatic nitrogens is 3. The Morgan fingerprint density at radius 3 is 2.25 bits per heavy atom. The molecule has 0 amide bonds. The molecule has 1 aromatic carbocycles. The van der Waals surface area contributed by atoms with Gasteiger partial charge in [-0.1, -0.05) is 46.6 Å². The molecule has 0 atom stereocenters. The second-order valence-electron chi connectivity index (χ2n) is 4.89. The monoisotopic (exact) mass is 396 g/mol. The van der Waals surface area contributed by atoms with Gasteiger partial charge < -0.3 is 5.73 Å². The minimum absolute atomic E-state index is 0.138. The van der Waals surface area contributed by atoms with Crippen LogP contribution in [0.3, 0.4) is 0 Å². The highest BCUT2D eigenvalue weighted by atomic mass is 35.5. The number of hydrogen-bond donors (Lipinski definition) is 1. The van der Waals surface area contributed by atoms with Gasteiger partial charge in [0.05, 0.1) is 15.7 Å². The Morgan fingerprint density at radius 2 is 1.62 bits per heavy atom. The molecule has 4 nitrogen and oxygen atoms in total. The number of anilines is 1. The molecule has 0 aliphatic rings. The van der Waals surface area contributed by atoms with Crippen molar-refractivity contribution in [3.8, 4) is 0 Å². The van der Waals surface area contributed by atoms with Crippen molar-refractivity contribution in [2.75, 3.05) is 5.73 Å². The zero-order valence-corrected chi connectivity index (χ0v) is 15.3. The van der Waals surface area contributed by atoms with Crippen LogP contribution in [0.4, 0.5) is 5.95 Å². The molecule has 0 saturated heterocycles. The average molecular weight is 398 g/mol. The number of hydrogen-bond acceptors (Lipinski definition) is 5. The topological polar surface area (TPSA) is 64.7 Å². The van der Waals surface area contributed by atoms with E-state index in [1.165, 1.54) is 11.8 Å². The maximum absolute atomic E-state index is 6.41. The predicted octanol–water partition coefficient (Wildman–Crippen LogP) is 5.16. The molecule has 0 unspecified atom stereocenters. The van der Waals surface area contributed by atoms with Crippen molar-refractivity contribution in [2.24, 2.45) is 0 Å². The summed E-state index contributed by atoms with van der Waals surface area (Å²) in [5, 5.41) is 1.46. The quantitative estimate of drug-likeness (QED) is 0.616. The van der Waals surface area contributed by atoms with Gasteiger partial charge in [0.15, 0.2) is 0 Å². The molecule has 2 aromatic heterocycles. The lowest BCUT2D eigenvalue weighted by atomic mass is 10.1. The lowest BCUT2D eigenvalue weighted by Crippen LogP contribution is -2.00. The minimum atomic E-state index is 0.138. The van der Waals surface area contributed by atoms with Crippen LogP contribution in [-0.2, 0) is 6.42 Å². The predicted molar refractivity (Wildman–Crippen MR) is 99.1 cm³/mol. The summed E-state index contributed by atoms with van der Waals surface area (Å²) in [4.78, 5) is 13.8. The highest BCUT2D eigenvalue weighted by Crippen LogP contribution is 2.39. The van der Waals surface area contributed by atoms with Gasteiger partial charge in [0.25, 0.3) is 0 Å². The molecule has 0 bridgehead atoms. The van der Waals surface area contributed by atoms with Gasteiger partial charge in [-0.3, -0.25) is 4.98 Å². The van der Waals surface area contributed by atoms with E-state index in [2.05, 4.69) is 15.0 Å². The summed E-state index contributed by atoms with van der Waals surface area (Å²) < 4.78 is 0. The Labute approximate surface area is 158 Å². The van der Waals surface area contributed by atoms with E-state index in [9.17, 15) is 0 Å². The average Bonchev–Trinajstić information content (AvgIpc) is 2.51. The Hall–Kier alpha value is -1.53. The van der Waals surface area contributed by atoms with Crippen LogP contribution in [0.25, 0.3) is 0 Å². The van der Waals surface area contributed by atoms with E-state index in [0.717, 1.165) is 15.4 Å². The van der Waals surface area contributed by atoms with E-state index in [-0.39, 0.29) is 5.95 Å². The van der Waals surface area contributed by atoms with E-state index in [4.69, 9.17) is 40.5 Å². The maximum atomic E-state index is 6.41. The summed E-state index contributed by atoms with van der Waals surface area (Å²) in [7, 11) is 0. The molecular formula is C16H11Cl3N4S. The van der Waals surface area contributed by atoms with Crippen molar-refractivity contribution >= 4 is 52.5 Å². The number of nitrogen functional groups attached to an aromatic ring is 1. The fourth-order valence-corrected chi connectivity index (χ4v) is 3.90. The lowest BCUT2D eigenvalue weighted by molar-refractivity contribution is 1.04. The van der Waals surface area contributed by atoms with Gasteiger partial charge in [-0.15, -0.1) is 0 Å². The third kappa shape index (κ3) is 4.30. The Balaban J connectivity index is 1.86. The van der Waals surface area contributed by atoms with Crippen LogP contribution in [0.2, 0.25) is 15.2 Å². The number of rotatable bonds is 4. The SMILES string of the molecule is Nc1nc(Cl)cc(Cc2cc(Cl)c(Sc3ccncc3)c(Cl)c2)n1. The molecule has 0 saturated carbocycles. The van der Waals surface area contributed by atoms with Gasteiger partial charge in [0.1, 0.15) is 5.15 Å². The van der Waals surface area contributed by atoms with Crippen LogP contribution in [0.1, 0.15) is 11.3 Å². The number of benzene rings is 1. The molecule has 0 fully saturated rings. The van der Waals surface area contributed by atoms with E-state index >= 15 is 0 Å². The first-order valence-corrected chi connectivity index (χ1v) is 8.81. The fraction of sp³-hybridized carbons (Fsp3) is 0.0625. The van der Waals surface area contributed by atoms with Gasteiger partial charge in [0.2, 0.25) is 5.95 Å². The first-order valence-electron chi connectivity index (χ1n) is 6.86. The van der Waals surface area contributed by atoms with Crippen LogP contribution < -0.4 is 5.73 Å². The van der Waals surface area contributed by atoms with Crippen molar-refractivity contribution in [1.29, 1.82) is 0 Å². The van der Waals surface area contributed by atoms with Gasteiger partial charge in [0, 0.05) is 28.6 Å². The van der Waals surface area contributed by atoms with Crippen LogP contribution in [0.15, 0.2) is 52.5 Å². The molecule has 3 aromatic rings. The maximum Gasteiger partial charge on any atom is 0.221 e. The van der Waals surface area contributed by atoms with Gasteiger partial charge in [-0.25, -0.2) is 9.97 Å². The molecule has 8 heteroatoms. The smallest absolute Gasteiger partial charge is 0.221 e. The minimum Gasteiger partial charge on any atom is -0.368 e. The lowest BCUT2D eigenvalue weighted by Gasteiger charge is -2.10. The van der Waals surface area contributed by atoms with Crippen molar-refractivity contribution in [3.05, 3.63) is 69.2 Å². The Bertz CT molecular complexity index is 831. The van der Waals surface area contributed by atoms with E-state index in [1.807, 2.05) is 24.3 Å². The molecule has 0 spiro atoms. The van der Waals surface area contributed by atoms with E-state index in [0.29, 0.717) is 27.3 Å². The first-order chi connectivity index (χ1) is 11.5. The fourth-order valence-electron chi connectivity index (χ4n) is 2.12. The second kappa shape index (κ2) is 7.57. The standard InChI is InChI=1S/C16H11Cl3N4S/c17-12-6-9(5-10-8-14(19)23-16(20)22-10)7-13(18)15(12)24-11-1-3-21-4-2-11/h1-4,6-8H,5H2,(H2,20,22,23). The highest BCUT2D eigenvalue weighted by molar-refractivity contribution is 7.99. The van der Waals surface area contributed by atoms with Crippen molar-refractivity contribution in [2.45, 2.75) is 16.2 Å². The molecule has 2 N–H and O–H groups in total. The number of nitrogens with zero attached hydrogens (tertiary/aromatic N) is 3. The molecule has 24 heavy (non-hydrogen) atoms. The van der Waals surface area contributed by atoms with Crippen LogP contribution in [0, 0.1) is 0 Å². The molecule has 0 aliphatic heterocycles. The third-order valence-corrected chi connectivity index (χ3v) is 5.24. The van der Waals surface area contributed by atoms with Crippen molar-refractivity contribution in [1.82, 2.24) is 15.0 Å². The van der Waals surface area contributed by atoms with Crippen LogP contribution in [0.5, 0.6) is 0 Å². The summed E-state index contributed by atoms with van der Waals surface area (Å²) >= 11 is 20.2. The zero-order chi connectivity index (χ0) is 17.1. The molecule has 0 aliphatic carbocycles. The van der Waals surface area contributed by atoms with Gasteiger partial charge >= 0.3 is 0 Å². The van der Waals surface area contributed by atoms with Crippen molar-refractivity contribution in [3.63, 3.8) is 0 Å². The second-order valence-corrected chi connectivity index (χ2v) is 7.18. The van der Waals surface area contributed by atoms with Crippen molar-refractivity contribution < 1.29 is 0 Å². The van der Waals surface area contributed by atoms with Crippen LogP contribution in [-0.4, -0.2) is 15.0 Å². The van der Waals surface area contributed by atoms with Crippen LogP contribution >= 0.6 is 46.6 Å². The highest BCUT2D eigenvalue weighted by Gasteiger charge is 2.11. The summed E-state index contributed by atoms with van der Waals surface area (Å²) in [6, 6.07) is 9.19. The number of halogens is 3. The molecule has 2 heterocycles. The largest absolute Gasteiger partial charge is 0.368 e. The molecule has 0 radical (unpaired) electrons. The first kappa shape index (κ1) is 17.3. The Morgan fingerprint density at radius 1 is 0.958 bits per heavy atom. The summed E-state index contributed by atoms with van der Waals surface area (Å²) in [5.41, 5.74) is 7.23. The van der Waals surface area contributed by atoms with E-state index in [1.54, 1.807) is 18.5 Å². The normalized spacial score (nSPS) is 10.8.